The van der Waals surface area contributed by atoms with Gasteiger partial charge in [0.15, 0.2) is 0 Å². The molecule has 110 valence electrons. The summed E-state index contributed by atoms with van der Waals surface area (Å²) in [5, 5.41) is 8.80. The minimum atomic E-state index is 0.515. The molecule has 0 saturated heterocycles. The van der Waals surface area contributed by atoms with Crippen molar-refractivity contribution in [3.8, 4) is 0 Å². The molecule has 1 atom stereocenters. The van der Waals surface area contributed by atoms with Crippen molar-refractivity contribution in [2.75, 3.05) is 39.0 Å². The van der Waals surface area contributed by atoms with E-state index in [2.05, 4.69) is 59.6 Å². The van der Waals surface area contributed by atoms with Gasteiger partial charge in [0.1, 0.15) is 10.7 Å². The second kappa shape index (κ2) is 8.45. The summed E-state index contributed by atoms with van der Waals surface area (Å²) < 4.78 is 4.07. The van der Waals surface area contributed by atoms with Crippen LogP contribution in [-0.4, -0.2) is 59.2 Å². The van der Waals surface area contributed by atoms with Gasteiger partial charge in [-0.2, -0.15) is 0 Å². The van der Waals surface area contributed by atoms with Crippen molar-refractivity contribution in [1.82, 2.24) is 19.4 Å². The lowest BCUT2D eigenvalue weighted by atomic mass is 10.2. The first-order valence-corrected chi connectivity index (χ1v) is 7.79. The molecule has 1 aromatic heterocycles. The fourth-order valence-electron chi connectivity index (χ4n) is 2.10. The Hall–Kier alpha value is -0.720. The molecule has 1 unspecified atom stereocenters. The topological polar surface area (TPSA) is 44.3 Å². The molecule has 1 aromatic rings. The molecule has 1 N–H and O–H groups in total. The number of nitrogens with zero attached hydrogens (tertiary/aromatic N) is 4. The van der Waals surface area contributed by atoms with Gasteiger partial charge in [0.05, 0.1) is 0 Å². The standard InChI is InChI=1S/C13H27N5S/c1-6-8-14-13-12(15-16-19-13)10-18(7-2)11(3)9-17(4)5/h11,14H,6-10H2,1-5H3. The van der Waals surface area contributed by atoms with Crippen molar-refractivity contribution in [3.63, 3.8) is 0 Å². The van der Waals surface area contributed by atoms with Crippen LogP contribution in [0.4, 0.5) is 5.00 Å². The highest BCUT2D eigenvalue weighted by Crippen LogP contribution is 2.20. The van der Waals surface area contributed by atoms with Crippen LogP contribution < -0.4 is 5.32 Å². The van der Waals surface area contributed by atoms with E-state index < -0.39 is 0 Å². The van der Waals surface area contributed by atoms with E-state index in [4.69, 9.17) is 0 Å². The van der Waals surface area contributed by atoms with Crippen molar-refractivity contribution >= 4 is 16.5 Å². The van der Waals surface area contributed by atoms with Gasteiger partial charge in [-0.3, -0.25) is 4.90 Å². The van der Waals surface area contributed by atoms with Crippen molar-refractivity contribution in [2.45, 2.75) is 39.8 Å². The Morgan fingerprint density at radius 3 is 2.63 bits per heavy atom. The maximum absolute atomic E-state index is 4.27. The van der Waals surface area contributed by atoms with Gasteiger partial charge in [0.25, 0.3) is 0 Å². The number of aromatic nitrogens is 2. The van der Waals surface area contributed by atoms with E-state index in [0.717, 1.165) is 43.3 Å². The molecule has 0 radical (unpaired) electrons. The number of hydrogen-bond acceptors (Lipinski definition) is 6. The SMILES string of the molecule is CCCNc1snnc1CN(CC)C(C)CN(C)C. The summed E-state index contributed by atoms with van der Waals surface area (Å²) in [5.74, 6) is 0. The molecule has 1 heterocycles. The summed E-state index contributed by atoms with van der Waals surface area (Å²) in [5.41, 5.74) is 1.07. The second-order valence-corrected chi connectivity index (χ2v) is 5.90. The second-order valence-electron chi connectivity index (χ2n) is 5.15. The fraction of sp³-hybridized carbons (Fsp3) is 0.846. The third-order valence-electron chi connectivity index (χ3n) is 3.10. The Bertz CT molecular complexity index is 353. The van der Waals surface area contributed by atoms with E-state index in [-0.39, 0.29) is 0 Å². The lowest BCUT2D eigenvalue weighted by molar-refractivity contribution is 0.172. The van der Waals surface area contributed by atoms with Crippen LogP contribution >= 0.6 is 11.5 Å². The first kappa shape index (κ1) is 16.3. The highest BCUT2D eigenvalue weighted by Gasteiger charge is 2.17. The van der Waals surface area contributed by atoms with Crippen LogP contribution in [0.2, 0.25) is 0 Å². The van der Waals surface area contributed by atoms with Gasteiger partial charge in [-0.1, -0.05) is 18.3 Å². The summed E-state index contributed by atoms with van der Waals surface area (Å²) in [4.78, 5) is 4.66. The molecule has 0 aliphatic heterocycles. The molecule has 0 aromatic carbocycles. The fourth-order valence-corrected chi connectivity index (χ4v) is 2.70. The lowest BCUT2D eigenvalue weighted by Crippen LogP contribution is -2.39. The third kappa shape index (κ3) is 5.42. The van der Waals surface area contributed by atoms with Gasteiger partial charge < -0.3 is 10.2 Å². The highest BCUT2D eigenvalue weighted by atomic mass is 32.1. The summed E-state index contributed by atoms with van der Waals surface area (Å²) in [6, 6.07) is 0.515. The van der Waals surface area contributed by atoms with Crippen LogP contribution in [0.5, 0.6) is 0 Å². The Kier molecular flexibility index (Phi) is 7.27. The van der Waals surface area contributed by atoms with E-state index >= 15 is 0 Å². The Labute approximate surface area is 121 Å². The van der Waals surface area contributed by atoms with Crippen molar-refractivity contribution in [1.29, 1.82) is 0 Å². The summed E-state index contributed by atoms with van der Waals surface area (Å²) in [6.07, 6.45) is 1.12. The molecule has 0 saturated carbocycles. The smallest absolute Gasteiger partial charge is 0.134 e. The van der Waals surface area contributed by atoms with Crippen LogP contribution in [-0.2, 0) is 6.54 Å². The van der Waals surface area contributed by atoms with Gasteiger partial charge >= 0.3 is 0 Å². The Balaban J connectivity index is 2.62. The van der Waals surface area contributed by atoms with Gasteiger partial charge in [0.2, 0.25) is 0 Å². The van der Waals surface area contributed by atoms with E-state index in [1.54, 1.807) is 0 Å². The quantitative estimate of drug-likeness (QED) is 0.753. The van der Waals surface area contributed by atoms with Gasteiger partial charge in [-0.05, 0) is 34.0 Å². The zero-order valence-corrected chi connectivity index (χ0v) is 13.6. The predicted molar refractivity (Wildman–Crippen MR) is 82.8 cm³/mol. The first-order chi connectivity index (χ1) is 9.08. The highest BCUT2D eigenvalue weighted by molar-refractivity contribution is 7.10. The third-order valence-corrected chi connectivity index (χ3v) is 3.83. The predicted octanol–water partition coefficient (Wildman–Crippen LogP) is 2.13. The van der Waals surface area contributed by atoms with Crippen molar-refractivity contribution in [3.05, 3.63) is 5.69 Å². The van der Waals surface area contributed by atoms with Gasteiger partial charge in [0, 0.05) is 37.2 Å². The summed E-state index contributed by atoms with van der Waals surface area (Å²) in [7, 11) is 4.23. The Morgan fingerprint density at radius 1 is 1.32 bits per heavy atom. The molecule has 0 amide bonds. The van der Waals surface area contributed by atoms with Crippen LogP contribution in [0.15, 0.2) is 0 Å². The molecule has 6 heteroatoms. The van der Waals surface area contributed by atoms with Gasteiger partial charge in [-0.25, -0.2) is 0 Å². The van der Waals surface area contributed by atoms with E-state index in [9.17, 15) is 0 Å². The zero-order chi connectivity index (χ0) is 14.3. The molecule has 1 rings (SSSR count). The number of nitrogens with one attached hydrogen (secondary N) is 1. The van der Waals surface area contributed by atoms with Crippen LogP contribution in [0.1, 0.15) is 32.9 Å². The normalized spacial score (nSPS) is 13.2. The van der Waals surface area contributed by atoms with Crippen molar-refractivity contribution in [2.24, 2.45) is 0 Å². The summed E-state index contributed by atoms with van der Waals surface area (Å²) in [6.45, 7) is 10.6. The minimum Gasteiger partial charge on any atom is -0.374 e. The molecule has 19 heavy (non-hydrogen) atoms. The lowest BCUT2D eigenvalue weighted by Gasteiger charge is -2.29. The average Bonchev–Trinajstić information content (AvgIpc) is 2.79. The van der Waals surface area contributed by atoms with Crippen LogP contribution in [0, 0.1) is 0 Å². The number of rotatable bonds is 9. The maximum atomic E-state index is 4.27. The molecule has 0 bridgehead atoms. The maximum Gasteiger partial charge on any atom is 0.134 e. The molecule has 5 nitrogen and oxygen atoms in total. The molecule has 0 aliphatic rings. The molecular weight excluding hydrogens is 258 g/mol. The van der Waals surface area contributed by atoms with E-state index in [1.165, 1.54) is 11.5 Å². The molecular formula is C13H27N5S. The molecule has 0 fully saturated rings. The van der Waals surface area contributed by atoms with E-state index in [1.807, 2.05) is 0 Å². The zero-order valence-electron chi connectivity index (χ0n) is 12.8. The largest absolute Gasteiger partial charge is 0.374 e. The number of hydrogen-bond donors (Lipinski definition) is 1. The molecule has 0 aliphatic carbocycles. The van der Waals surface area contributed by atoms with Gasteiger partial charge in [-0.15, -0.1) is 5.10 Å². The average molecular weight is 285 g/mol. The number of anilines is 1. The van der Waals surface area contributed by atoms with E-state index in [0.29, 0.717) is 6.04 Å². The summed E-state index contributed by atoms with van der Waals surface area (Å²) >= 11 is 1.46. The van der Waals surface area contributed by atoms with Crippen LogP contribution in [0.3, 0.4) is 0 Å². The first-order valence-electron chi connectivity index (χ1n) is 7.02. The van der Waals surface area contributed by atoms with Crippen LogP contribution in [0.25, 0.3) is 0 Å². The Morgan fingerprint density at radius 2 is 2.05 bits per heavy atom. The monoisotopic (exact) mass is 285 g/mol. The van der Waals surface area contributed by atoms with Crippen molar-refractivity contribution < 1.29 is 0 Å². The molecule has 0 spiro atoms. The number of likely N-dealkylation sites (N-methyl/N-ethyl adjacent to an activating group) is 2. The minimum absolute atomic E-state index is 0.515.